The van der Waals surface area contributed by atoms with E-state index in [2.05, 4.69) is 29.7 Å². The van der Waals surface area contributed by atoms with Gasteiger partial charge in [0.05, 0.1) is 5.39 Å². The van der Waals surface area contributed by atoms with Gasteiger partial charge in [-0.05, 0) is 19.1 Å². The van der Waals surface area contributed by atoms with Gasteiger partial charge in [-0.3, -0.25) is 0 Å². The topological polar surface area (TPSA) is 74.2 Å². The standard InChI is InChI=1S/C18H22N8/c1-13-11-15(24(2)3)23-18(22-13)26-9-7-25(8-10-26)17-14-5-4-6-19-16(14)20-12-21-17/h4-6,11-12H,7-10H2,1-3H3. The summed E-state index contributed by atoms with van der Waals surface area (Å²) in [4.78, 5) is 28.9. The smallest absolute Gasteiger partial charge is 0.227 e. The van der Waals surface area contributed by atoms with Crippen molar-refractivity contribution in [3.05, 3.63) is 36.4 Å². The van der Waals surface area contributed by atoms with E-state index < -0.39 is 0 Å². The van der Waals surface area contributed by atoms with Crippen LogP contribution in [0.1, 0.15) is 5.69 Å². The van der Waals surface area contributed by atoms with Gasteiger partial charge in [0.1, 0.15) is 18.0 Å². The summed E-state index contributed by atoms with van der Waals surface area (Å²) in [5.41, 5.74) is 1.71. The van der Waals surface area contributed by atoms with Crippen molar-refractivity contribution in [2.75, 3.05) is 55.0 Å². The first-order valence-corrected chi connectivity index (χ1v) is 8.70. The normalized spacial score (nSPS) is 14.7. The summed E-state index contributed by atoms with van der Waals surface area (Å²) in [7, 11) is 4.00. The predicted octanol–water partition coefficient (Wildman–Crippen LogP) is 1.52. The molecule has 1 saturated heterocycles. The quantitative estimate of drug-likeness (QED) is 0.704. The second kappa shape index (κ2) is 6.70. The van der Waals surface area contributed by atoms with Crippen LogP contribution in [0.15, 0.2) is 30.7 Å². The molecule has 134 valence electrons. The van der Waals surface area contributed by atoms with Gasteiger partial charge in [-0.1, -0.05) is 0 Å². The Hall–Kier alpha value is -3.03. The van der Waals surface area contributed by atoms with Crippen LogP contribution < -0.4 is 14.7 Å². The number of aromatic nitrogens is 5. The lowest BCUT2D eigenvalue weighted by Gasteiger charge is -2.36. The van der Waals surface area contributed by atoms with Crippen LogP contribution in [0.3, 0.4) is 0 Å². The number of rotatable bonds is 3. The SMILES string of the molecule is Cc1cc(N(C)C)nc(N2CCN(c3ncnc4ncccc34)CC2)n1. The van der Waals surface area contributed by atoms with Gasteiger partial charge in [0.15, 0.2) is 5.65 Å². The van der Waals surface area contributed by atoms with Crippen molar-refractivity contribution in [1.29, 1.82) is 0 Å². The van der Waals surface area contributed by atoms with E-state index in [-0.39, 0.29) is 0 Å². The number of anilines is 3. The Balaban J connectivity index is 1.54. The monoisotopic (exact) mass is 350 g/mol. The highest BCUT2D eigenvalue weighted by Gasteiger charge is 2.22. The molecule has 1 aliphatic heterocycles. The summed E-state index contributed by atoms with van der Waals surface area (Å²) in [6, 6.07) is 5.95. The van der Waals surface area contributed by atoms with Crippen molar-refractivity contribution >= 4 is 28.6 Å². The van der Waals surface area contributed by atoms with Crippen molar-refractivity contribution in [3.63, 3.8) is 0 Å². The Morgan fingerprint density at radius 1 is 0.962 bits per heavy atom. The molecule has 0 radical (unpaired) electrons. The fourth-order valence-corrected chi connectivity index (χ4v) is 3.16. The van der Waals surface area contributed by atoms with Gasteiger partial charge in [0.2, 0.25) is 5.95 Å². The zero-order valence-corrected chi connectivity index (χ0v) is 15.3. The highest BCUT2D eigenvalue weighted by atomic mass is 15.3. The predicted molar refractivity (Wildman–Crippen MR) is 103 cm³/mol. The van der Waals surface area contributed by atoms with Crippen LogP contribution in [0.2, 0.25) is 0 Å². The van der Waals surface area contributed by atoms with Gasteiger partial charge >= 0.3 is 0 Å². The van der Waals surface area contributed by atoms with Crippen LogP contribution >= 0.6 is 0 Å². The first kappa shape index (κ1) is 16.4. The van der Waals surface area contributed by atoms with E-state index in [0.29, 0.717) is 0 Å². The summed E-state index contributed by atoms with van der Waals surface area (Å²) in [6.45, 7) is 5.42. The van der Waals surface area contributed by atoms with Crippen molar-refractivity contribution in [2.24, 2.45) is 0 Å². The van der Waals surface area contributed by atoms with Crippen LogP contribution in [0.5, 0.6) is 0 Å². The second-order valence-corrected chi connectivity index (χ2v) is 6.61. The van der Waals surface area contributed by atoms with Gasteiger partial charge < -0.3 is 14.7 Å². The molecule has 0 amide bonds. The van der Waals surface area contributed by atoms with E-state index >= 15 is 0 Å². The molecule has 0 bridgehead atoms. The Morgan fingerprint density at radius 3 is 2.50 bits per heavy atom. The molecule has 1 fully saturated rings. The lowest BCUT2D eigenvalue weighted by molar-refractivity contribution is 0.634. The highest BCUT2D eigenvalue weighted by Crippen LogP contribution is 2.24. The van der Waals surface area contributed by atoms with Gasteiger partial charge in [-0.15, -0.1) is 0 Å². The second-order valence-electron chi connectivity index (χ2n) is 6.61. The molecule has 26 heavy (non-hydrogen) atoms. The van der Waals surface area contributed by atoms with Crippen LogP contribution in [-0.2, 0) is 0 Å². The lowest BCUT2D eigenvalue weighted by atomic mass is 10.2. The van der Waals surface area contributed by atoms with Crippen molar-refractivity contribution < 1.29 is 0 Å². The molecule has 3 aromatic rings. The molecule has 3 aromatic heterocycles. The lowest BCUT2D eigenvalue weighted by Crippen LogP contribution is -2.47. The maximum Gasteiger partial charge on any atom is 0.227 e. The maximum absolute atomic E-state index is 4.69. The van der Waals surface area contributed by atoms with Gasteiger partial charge in [-0.2, -0.15) is 4.98 Å². The fourth-order valence-electron chi connectivity index (χ4n) is 3.16. The van der Waals surface area contributed by atoms with E-state index in [9.17, 15) is 0 Å². The highest BCUT2D eigenvalue weighted by molar-refractivity contribution is 5.86. The third-order valence-corrected chi connectivity index (χ3v) is 4.54. The molecule has 0 saturated carbocycles. The zero-order valence-electron chi connectivity index (χ0n) is 15.3. The molecule has 0 spiro atoms. The molecule has 0 aliphatic carbocycles. The summed E-state index contributed by atoms with van der Waals surface area (Å²) in [5.74, 6) is 2.67. The van der Waals surface area contributed by atoms with E-state index in [1.807, 2.05) is 44.1 Å². The van der Waals surface area contributed by atoms with Gasteiger partial charge in [-0.25, -0.2) is 19.9 Å². The number of aryl methyl sites for hydroxylation is 1. The fraction of sp³-hybridized carbons (Fsp3) is 0.389. The van der Waals surface area contributed by atoms with Gasteiger partial charge in [0, 0.05) is 58.2 Å². The summed E-state index contributed by atoms with van der Waals surface area (Å²) in [6.07, 6.45) is 3.35. The van der Waals surface area contributed by atoms with Gasteiger partial charge in [0.25, 0.3) is 0 Å². The molecular weight excluding hydrogens is 328 g/mol. The molecule has 4 heterocycles. The molecule has 1 aliphatic rings. The Morgan fingerprint density at radius 2 is 1.73 bits per heavy atom. The van der Waals surface area contributed by atoms with Crippen LogP contribution in [0.4, 0.5) is 17.6 Å². The number of nitrogens with zero attached hydrogens (tertiary/aromatic N) is 8. The Bertz CT molecular complexity index is 913. The molecule has 8 heteroatoms. The molecule has 4 rings (SSSR count). The average molecular weight is 350 g/mol. The number of piperazine rings is 1. The van der Waals surface area contributed by atoms with Crippen LogP contribution in [0.25, 0.3) is 11.0 Å². The van der Waals surface area contributed by atoms with Crippen molar-refractivity contribution in [3.8, 4) is 0 Å². The molecule has 0 atom stereocenters. The maximum atomic E-state index is 4.69. The van der Waals surface area contributed by atoms with Crippen molar-refractivity contribution in [2.45, 2.75) is 6.92 Å². The van der Waals surface area contributed by atoms with E-state index in [1.165, 1.54) is 0 Å². The number of pyridine rings is 1. The van der Waals surface area contributed by atoms with E-state index in [4.69, 9.17) is 4.98 Å². The zero-order chi connectivity index (χ0) is 18.1. The minimum atomic E-state index is 0.734. The Kier molecular flexibility index (Phi) is 4.24. The Labute approximate surface area is 152 Å². The summed E-state index contributed by atoms with van der Waals surface area (Å²) < 4.78 is 0. The summed E-state index contributed by atoms with van der Waals surface area (Å²) >= 11 is 0. The summed E-state index contributed by atoms with van der Waals surface area (Å²) in [5, 5.41) is 0.991. The molecule has 0 N–H and O–H groups in total. The number of hydrogen-bond acceptors (Lipinski definition) is 8. The first-order chi connectivity index (χ1) is 12.6. The molecule has 8 nitrogen and oxygen atoms in total. The molecular formula is C18H22N8. The minimum Gasteiger partial charge on any atom is -0.363 e. The van der Waals surface area contributed by atoms with E-state index in [0.717, 1.165) is 60.5 Å². The number of fused-ring (bicyclic) bond motifs is 1. The number of hydrogen-bond donors (Lipinski definition) is 0. The van der Waals surface area contributed by atoms with Crippen LogP contribution in [0, 0.1) is 6.92 Å². The van der Waals surface area contributed by atoms with Crippen molar-refractivity contribution in [1.82, 2.24) is 24.9 Å². The average Bonchev–Trinajstić information content (AvgIpc) is 2.67. The third kappa shape index (κ3) is 3.10. The molecule has 0 aromatic carbocycles. The minimum absolute atomic E-state index is 0.734. The van der Waals surface area contributed by atoms with E-state index in [1.54, 1.807) is 12.5 Å². The largest absolute Gasteiger partial charge is 0.363 e. The first-order valence-electron chi connectivity index (χ1n) is 8.70. The van der Waals surface area contributed by atoms with Crippen LogP contribution in [-0.4, -0.2) is 65.2 Å². The molecule has 0 unspecified atom stereocenters. The third-order valence-electron chi connectivity index (χ3n) is 4.54.